The number of hydrogen-bond acceptors (Lipinski definition) is 2. The molecule has 0 bridgehead atoms. The van der Waals surface area contributed by atoms with Crippen molar-refractivity contribution >= 4 is 17.5 Å². The van der Waals surface area contributed by atoms with Gasteiger partial charge in [-0.15, -0.1) is 0 Å². The van der Waals surface area contributed by atoms with Gasteiger partial charge in [-0.3, -0.25) is 4.79 Å². The van der Waals surface area contributed by atoms with Crippen molar-refractivity contribution in [3.63, 3.8) is 0 Å². The van der Waals surface area contributed by atoms with Crippen molar-refractivity contribution in [2.24, 2.45) is 0 Å². The molecule has 2 N–H and O–H groups in total. The standard InChI is InChI=1S/C15H19ClN2O/c16-12-5-4-10-8-13(9-11(10)7-12)18-14-3-1-2-6-17-15(14)19/h4-5,7,13-14,18H,1-3,6,8-9H2,(H,17,19). The minimum absolute atomic E-state index is 0.0303. The SMILES string of the molecule is O=C1NCCCCC1NC1Cc2ccc(Cl)cc2C1. The van der Waals surface area contributed by atoms with Crippen LogP contribution in [0.1, 0.15) is 30.4 Å². The highest BCUT2D eigenvalue weighted by molar-refractivity contribution is 6.30. The zero-order chi connectivity index (χ0) is 13.2. The van der Waals surface area contributed by atoms with Crippen molar-refractivity contribution in [2.45, 2.75) is 44.2 Å². The van der Waals surface area contributed by atoms with Crippen LogP contribution in [0.15, 0.2) is 18.2 Å². The zero-order valence-electron chi connectivity index (χ0n) is 10.9. The Morgan fingerprint density at radius 3 is 2.95 bits per heavy atom. The molecule has 1 aliphatic heterocycles. The fourth-order valence-corrected chi connectivity index (χ4v) is 3.28. The number of amides is 1. The summed E-state index contributed by atoms with van der Waals surface area (Å²) in [5.74, 6) is 0.159. The molecular formula is C15H19ClN2O. The average molecular weight is 279 g/mol. The minimum Gasteiger partial charge on any atom is -0.355 e. The van der Waals surface area contributed by atoms with E-state index in [1.807, 2.05) is 12.1 Å². The van der Waals surface area contributed by atoms with Gasteiger partial charge in [0.1, 0.15) is 0 Å². The molecule has 1 aliphatic carbocycles. The van der Waals surface area contributed by atoms with Gasteiger partial charge >= 0.3 is 0 Å². The first kappa shape index (κ1) is 12.9. The first-order chi connectivity index (χ1) is 9.22. The molecule has 3 rings (SSSR count). The third-order valence-electron chi connectivity index (χ3n) is 4.07. The van der Waals surface area contributed by atoms with E-state index in [9.17, 15) is 4.79 Å². The van der Waals surface area contributed by atoms with Crippen LogP contribution >= 0.6 is 11.6 Å². The van der Waals surface area contributed by atoms with E-state index in [4.69, 9.17) is 11.6 Å². The Balaban J connectivity index is 1.64. The molecule has 0 spiro atoms. The van der Waals surface area contributed by atoms with Crippen LogP contribution in [0, 0.1) is 0 Å². The highest BCUT2D eigenvalue weighted by Crippen LogP contribution is 2.26. The second-order valence-corrected chi connectivity index (χ2v) is 5.96. The molecule has 2 aliphatic rings. The van der Waals surface area contributed by atoms with Crippen molar-refractivity contribution in [1.82, 2.24) is 10.6 Å². The Kier molecular flexibility index (Phi) is 3.76. The third-order valence-corrected chi connectivity index (χ3v) is 4.31. The lowest BCUT2D eigenvalue weighted by atomic mass is 10.1. The Hall–Kier alpha value is -1.06. The summed E-state index contributed by atoms with van der Waals surface area (Å²) in [5.41, 5.74) is 2.68. The highest BCUT2D eigenvalue weighted by atomic mass is 35.5. The number of benzene rings is 1. The van der Waals surface area contributed by atoms with Gasteiger partial charge in [-0.2, -0.15) is 0 Å². The van der Waals surface area contributed by atoms with E-state index in [0.29, 0.717) is 6.04 Å². The van der Waals surface area contributed by atoms with Crippen LogP contribution in [-0.4, -0.2) is 24.5 Å². The first-order valence-electron chi connectivity index (χ1n) is 7.03. The minimum atomic E-state index is -0.0303. The highest BCUT2D eigenvalue weighted by Gasteiger charge is 2.27. The van der Waals surface area contributed by atoms with Crippen LogP contribution in [0.3, 0.4) is 0 Å². The van der Waals surface area contributed by atoms with Gasteiger partial charge in [-0.1, -0.05) is 17.7 Å². The van der Waals surface area contributed by atoms with Gasteiger partial charge < -0.3 is 10.6 Å². The number of carbonyl (C=O) groups excluding carboxylic acids is 1. The number of halogens is 1. The molecule has 1 heterocycles. The predicted molar refractivity (Wildman–Crippen MR) is 76.4 cm³/mol. The summed E-state index contributed by atoms with van der Waals surface area (Å²) in [4.78, 5) is 11.9. The van der Waals surface area contributed by atoms with Gasteiger partial charge in [0.15, 0.2) is 0 Å². The number of hydrogen-bond donors (Lipinski definition) is 2. The largest absolute Gasteiger partial charge is 0.355 e. The summed E-state index contributed by atoms with van der Waals surface area (Å²) in [6.07, 6.45) is 5.11. The third kappa shape index (κ3) is 2.93. The van der Waals surface area contributed by atoms with Crippen molar-refractivity contribution in [1.29, 1.82) is 0 Å². The summed E-state index contributed by atoms with van der Waals surface area (Å²) in [7, 11) is 0. The van der Waals surface area contributed by atoms with Gasteiger partial charge in [-0.05, 0) is 55.4 Å². The average Bonchev–Trinajstić information content (AvgIpc) is 2.66. The van der Waals surface area contributed by atoms with Crippen LogP contribution in [-0.2, 0) is 17.6 Å². The maximum atomic E-state index is 11.9. The molecule has 0 saturated carbocycles. The lowest BCUT2D eigenvalue weighted by molar-refractivity contribution is -0.123. The lowest BCUT2D eigenvalue weighted by Crippen LogP contribution is -2.47. The topological polar surface area (TPSA) is 41.1 Å². The molecule has 19 heavy (non-hydrogen) atoms. The summed E-state index contributed by atoms with van der Waals surface area (Å²) in [5, 5.41) is 7.29. The Morgan fingerprint density at radius 2 is 2.05 bits per heavy atom. The number of nitrogens with one attached hydrogen (secondary N) is 2. The molecule has 4 heteroatoms. The summed E-state index contributed by atoms with van der Waals surface area (Å²) in [6, 6.07) is 6.43. The maximum Gasteiger partial charge on any atom is 0.237 e. The Morgan fingerprint density at radius 1 is 1.21 bits per heavy atom. The zero-order valence-corrected chi connectivity index (χ0v) is 11.7. The molecule has 0 aromatic heterocycles. The van der Waals surface area contributed by atoms with E-state index in [2.05, 4.69) is 16.7 Å². The van der Waals surface area contributed by atoms with Gasteiger partial charge in [0.25, 0.3) is 0 Å². The van der Waals surface area contributed by atoms with Crippen LogP contribution in [0.2, 0.25) is 5.02 Å². The summed E-state index contributed by atoms with van der Waals surface area (Å²) < 4.78 is 0. The van der Waals surface area contributed by atoms with Crippen molar-refractivity contribution < 1.29 is 4.79 Å². The number of carbonyl (C=O) groups is 1. The fraction of sp³-hybridized carbons (Fsp3) is 0.533. The number of fused-ring (bicyclic) bond motifs is 1. The van der Waals surface area contributed by atoms with Gasteiger partial charge in [-0.25, -0.2) is 0 Å². The van der Waals surface area contributed by atoms with E-state index in [-0.39, 0.29) is 11.9 Å². The monoisotopic (exact) mass is 278 g/mol. The first-order valence-corrected chi connectivity index (χ1v) is 7.41. The van der Waals surface area contributed by atoms with E-state index in [1.54, 1.807) is 0 Å². The van der Waals surface area contributed by atoms with Crippen molar-refractivity contribution in [2.75, 3.05) is 6.54 Å². The molecule has 0 radical (unpaired) electrons. The molecular weight excluding hydrogens is 260 g/mol. The summed E-state index contributed by atoms with van der Waals surface area (Å²) in [6.45, 7) is 0.817. The Labute approximate surface area is 118 Å². The quantitative estimate of drug-likeness (QED) is 0.870. The molecule has 2 unspecified atom stereocenters. The van der Waals surface area contributed by atoms with Crippen LogP contribution in [0.25, 0.3) is 0 Å². The molecule has 1 aromatic carbocycles. The van der Waals surface area contributed by atoms with Crippen LogP contribution in [0.4, 0.5) is 0 Å². The van der Waals surface area contributed by atoms with E-state index in [0.717, 1.165) is 43.7 Å². The molecule has 1 saturated heterocycles. The summed E-state index contributed by atoms with van der Waals surface area (Å²) >= 11 is 6.02. The van der Waals surface area contributed by atoms with E-state index in [1.165, 1.54) is 11.1 Å². The van der Waals surface area contributed by atoms with Gasteiger partial charge in [0, 0.05) is 17.6 Å². The second kappa shape index (κ2) is 5.51. The predicted octanol–water partition coefficient (Wildman–Crippen LogP) is 2.07. The van der Waals surface area contributed by atoms with Crippen molar-refractivity contribution in [3.8, 4) is 0 Å². The molecule has 3 nitrogen and oxygen atoms in total. The van der Waals surface area contributed by atoms with Gasteiger partial charge in [0.2, 0.25) is 5.91 Å². The maximum absolute atomic E-state index is 11.9. The fourth-order valence-electron chi connectivity index (χ4n) is 3.09. The lowest BCUT2D eigenvalue weighted by Gasteiger charge is -2.20. The number of rotatable bonds is 2. The molecule has 2 atom stereocenters. The van der Waals surface area contributed by atoms with E-state index >= 15 is 0 Å². The van der Waals surface area contributed by atoms with Gasteiger partial charge in [0.05, 0.1) is 6.04 Å². The molecule has 1 fully saturated rings. The smallest absolute Gasteiger partial charge is 0.237 e. The normalized spacial score (nSPS) is 26.7. The second-order valence-electron chi connectivity index (χ2n) is 5.52. The van der Waals surface area contributed by atoms with Crippen LogP contribution in [0.5, 0.6) is 0 Å². The molecule has 102 valence electrons. The van der Waals surface area contributed by atoms with Crippen molar-refractivity contribution in [3.05, 3.63) is 34.3 Å². The molecule has 1 aromatic rings. The van der Waals surface area contributed by atoms with E-state index < -0.39 is 0 Å². The van der Waals surface area contributed by atoms with Crippen LogP contribution < -0.4 is 10.6 Å². The Bertz CT molecular complexity index is 489. The molecule has 1 amide bonds.